The SMILES string of the molecule is Cc1nc(SC/C=C/CN)n[nH]1. The highest BCUT2D eigenvalue weighted by atomic mass is 32.2. The van der Waals surface area contributed by atoms with Crippen LogP contribution in [0.1, 0.15) is 5.82 Å². The summed E-state index contributed by atoms with van der Waals surface area (Å²) in [4.78, 5) is 4.14. The number of rotatable bonds is 4. The molecule has 0 unspecified atom stereocenters. The van der Waals surface area contributed by atoms with Crippen LogP contribution in [0.3, 0.4) is 0 Å². The number of aryl methyl sites for hydroxylation is 1. The molecule has 1 aromatic heterocycles. The van der Waals surface area contributed by atoms with E-state index in [0.29, 0.717) is 6.54 Å². The van der Waals surface area contributed by atoms with Gasteiger partial charge in [-0.2, -0.15) is 0 Å². The monoisotopic (exact) mass is 184 g/mol. The molecular formula is C7H12N4S. The molecule has 4 nitrogen and oxygen atoms in total. The number of hydrogen-bond donors (Lipinski definition) is 2. The second-order valence-corrected chi connectivity index (χ2v) is 3.21. The fraction of sp³-hybridized carbons (Fsp3) is 0.429. The van der Waals surface area contributed by atoms with Gasteiger partial charge in [-0.15, -0.1) is 5.10 Å². The van der Waals surface area contributed by atoms with Gasteiger partial charge in [0.2, 0.25) is 5.16 Å². The Morgan fingerprint density at radius 1 is 1.58 bits per heavy atom. The van der Waals surface area contributed by atoms with Crippen LogP contribution in [0.4, 0.5) is 0 Å². The van der Waals surface area contributed by atoms with Crippen molar-refractivity contribution in [3.63, 3.8) is 0 Å². The summed E-state index contributed by atoms with van der Waals surface area (Å²) in [6.07, 6.45) is 3.93. The zero-order valence-electron chi connectivity index (χ0n) is 6.95. The van der Waals surface area contributed by atoms with Crippen molar-refractivity contribution in [1.29, 1.82) is 0 Å². The number of nitrogens with zero attached hydrogens (tertiary/aromatic N) is 2. The van der Waals surface area contributed by atoms with Gasteiger partial charge in [0.15, 0.2) is 0 Å². The fourth-order valence-corrected chi connectivity index (χ4v) is 1.37. The Labute approximate surface area is 75.6 Å². The van der Waals surface area contributed by atoms with Gasteiger partial charge < -0.3 is 5.73 Å². The lowest BCUT2D eigenvalue weighted by Crippen LogP contribution is -1.92. The predicted molar refractivity (Wildman–Crippen MR) is 50.0 cm³/mol. The predicted octanol–water partition coefficient (Wildman–Crippen LogP) is 0.720. The van der Waals surface area contributed by atoms with Gasteiger partial charge in [-0.3, -0.25) is 5.10 Å². The number of nitrogens with one attached hydrogen (secondary N) is 1. The maximum absolute atomic E-state index is 5.28. The van der Waals surface area contributed by atoms with Crippen molar-refractivity contribution in [3.8, 4) is 0 Å². The maximum Gasteiger partial charge on any atom is 0.208 e. The molecule has 0 bridgehead atoms. The Bertz CT molecular complexity index is 256. The molecule has 0 aromatic carbocycles. The molecule has 66 valence electrons. The number of aromatic amines is 1. The summed E-state index contributed by atoms with van der Waals surface area (Å²) in [6, 6.07) is 0. The molecule has 0 amide bonds. The molecule has 0 fully saturated rings. The van der Waals surface area contributed by atoms with E-state index in [9.17, 15) is 0 Å². The van der Waals surface area contributed by atoms with E-state index in [1.165, 1.54) is 0 Å². The minimum Gasteiger partial charge on any atom is -0.327 e. The Hall–Kier alpha value is -0.810. The molecule has 0 aliphatic heterocycles. The largest absolute Gasteiger partial charge is 0.327 e. The maximum atomic E-state index is 5.28. The summed E-state index contributed by atoms with van der Waals surface area (Å²) in [5.74, 6) is 1.72. The number of thioether (sulfide) groups is 1. The van der Waals surface area contributed by atoms with E-state index in [0.717, 1.165) is 16.7 Å². The molecule has 0 radical (unpaired) electrons. The highest BCUT2D eigenvalue weighted by molar-refractivity contribution is 7.99. The second kappa shape index (κ2) is 4.95. The van der Waals surface area contributed by atoms with Crippen LogP contribution in [0.5, 0.6) is 0 Å². The van der Waals surface area contributed by atoms with E-state index in [1.807, 2.05) is 19.1 Å². The number of hydrogen-bond acceptors (Lipinski definition) is 4. The topological polar surface area (TPSA) is 67.6 Å². The third-order valence-electron chi connectivity index (χ3n) is 1.19. The summed E-state index contributed by atoms with van der Waals surface area (Å²) in [6.45, 7) is 2.47. The normalized spacial score (nSPS) is 11.2. The van der Waals surface area contributed by atoms with Gasteiger partial charge in [-0.25, -0.2) is 4.98 Å². The molecule has 0 atom stereocenters. The zero-order valence-corrected chi connectivity index (χ0v) is 7.77. The first-order valence-corrected chi connectivity index (χ1v) is 4.68. The molecule has 1 rings (SSSR count). The standard InChI is InChI=1S/C7H12N4S/c1-6-9-7(11-10-6)12-5-3-2-4-8/h2-3H,4-5,8H2,1H3,(H,9,10,11)/b3-2+. The third-order valence-corrected chi connectivity index (χ3v) is 1.99. The molecule has 0 aliphatic carbocycles. The summed E-state index contributed by atoms with van der Waals surface area (Å²) in [5.41, 5.74) is 5.28. The van der Waals surface area contributed by atoms with Crippen LogP contribution in [-0.2, 0) is 0 Å². The van der Waals surface area contributed by atoms with Crippen molar-refractivity contribution < 1.29 is 0 Å². The molecule has 1 aromatic rings. The van der Waals surface area contributed by atoms with Gasteiger partial charge in [0.05, 0.1) is 0 Å². The van der Waals surface area contributed by atoms with Crippen LogP contribution in [0, 0.1) is 6.92 Å². The van der Waals surface area contributed by atoms with E-state index >= 15 is 0 Å². The number of H-pyrrole nitrogens is 1. The number of aromatic nitrogens is 3. The Balaban J connectivity index is 2.28. The summed E-state index contributed by atoms with van der Waals surface area (Å²) < 4.78 is 0. The Morgan fingerprint density at radius 3 is 3.00 bits per heavy atom. The molecule has 1 heterocycles. The van der Waals surface area contributed by atoms with Crippen LogP contribution in [-0.4, -0.2) is 27.5 Å². The van der Waals surface area contributed by atoms with Crippen molar-refractivity contribution in [2.45, 2.75) is 12.1 Å². The first-order valence-electron chi connectivity index (χ1n) is 3.70. The van der Waals surface area contributed by atoms with Crippen LogP contribution >= 0.6 is 11.8 Å². The smallest absolute Gasteiger partial charge is 0.208 e. The summed E-state index contributed by atoms with van der Waals surface area (Å²) in [7, 11) is 0. The highest BCUT2D eigenvalue weighted by Crippen LogP contribution is 2.11. The van der Waals surface area contributed by atoms with Crippen molar-refractivity contribution in [2.75, 3.05) is 12.3 Å². The number of nitrogens with two attached hydrogens (primary N) is 1. The van der Waals surface area contributed by atoms with Crippen LogP contribution < -0.4 is 5.73 Å². The van der Waals surface area contributed by atoms with Crippen molar-refractivity contribution >= 4 is 11.8 Å². The quantitative estimate of drug-likeness (QED) is 0.534. The minimum absolute atomic E-state index is 0.591. The lowest BCUT2D eigenvalue weighted by Gasteiger charge is -1.87. The van der Waals surface area contributed by atoms with Crippen LogP contribution in [0.25, 0.3) is 0 Å². The van der Waals surface area contributed by atoms with Gasteiger partial charge in [-0.1, -0.05) is 23.9 Å². The zero-order chi connectivity index (χ0) is 8.81. The molecule has 0 aliphatic rings. The van der Waals surface area contributed by atoms with E-state index in [2.05, 4.69) is 15.2 Å². The van der Waals surface area contributed by atoms with Gasteiger partial charge in [0.1, 0.15) is 5.82 Å². The van der Waals surface area contributed by atoms with Gasteiger partial charge in [0.25, 0.3) is 0 Å². The second-order valence-electron chi connectivity index (χ2n) is 2.22. The van der Waals surface area contributed by atoms with Gasteiger partial charge in [-0.05, 0) is 6.92 Å². The van der Waals surface area contributed by atoms with E-state index in [4.69, 9.17) is 5.73 Å². The lowest BCUT2D eigenvalue weighted by molar-refractivity contribution is 0.971. The molecule has 0 spiro atoms. The van der Waals surface area contributed by atoms with Gasteiger partial charge >= 0.3 is 0 Å². The fourth-order valence-electron chi connectivity index (χ4n) is 0.674. The molecule has 12 heavy (non-hydrogen) atoms. The van der Waals surface area contributed by atoms with Crippen LogP contribution in [0.15, 0.2) is 17.3 Å². The molecule has 0 saturated carbocycles. The summed E-state index contributed by atoms with van der Waals surface area (Å²) in [5, 5.41) is 7.54. The van der Waals surface area contributed by atoms with E-state index < -0.39 is 0 Å². The van der Waals surface area contributed by atoms with E-state index in [1.54, 1.807) is 11.8 Å². The van der Waals surface area contributed by atoms with Crippen molar-refractivity contribution in [1.82, 2.24) is 15.2 Å². The van der Waals surface area contributed by atoms with Crippen molar-refractivity contribution in [3.05, 3.63) is 18.0 Å². The molecular weight excluding hydrogens is 172 g/mol. The van der Waals surface area contributed by atoms with Crippen molar-refractivity contribution in [2.24, 2.45) is 5.73 Å². The molecule has 3 N–H and O–H groups in total. The highest BCUT2D eigenvalue weighted by Gasteiger charge is 1.96. The Morgan fingerprint density at radius 2 is 2.42 bits per heavy atom. The average molecular weight is 184 g/mol. The third kappa shape index (κ3) is 3.06. The van der Waals surface area contributed by atoms with Gasteiger partial charge in [0, 0.05) is 12.3 Å². The first kappa shape index (κ1) is 9.28. The lowest BCUT2D eigenvalue weighted by atomic mass is 10.5. The first-order chi connectivity index (χ1) is 5.83. The minimum atomic E-state index is 0.591. The average Bonchev–Trinajstić information content (AvgIpc) is 2.45. The van der Waals surface area contributed by atoms with Crippen LogP contribution in [0.2, 0.25) is 0 Å². The Kier molecular flexibility index (Phi) is 3.83. The van der Waals surface area contributed by atoms with E-state index in [-0.39, 0.29) is 0 Å². The summed E-state index contributed by atoms with van der Waals surface area (Å²) >= 11 is 1.59. The molecule has 5 heteroatoms. The molecule has 0 saturated heterocycles.